The molecule has 1 heterocycles. The summed E-state index contributed by atoms with van der Waals surface area (Å²) in [6.07, 6.45) is 0.650. The quantitative estimate of drug-likeness (QED) is 0.834. The summed E-state index contributed by atoms with van der Waals surface area (Å²) < 4.78 is 13.0. The van der Waals surface area contributed by atoms with Crippen molar-refractivity contribution in [3.8, 4) is 0 Å². The Morgan fingerprint density at radius 2 is 2.00 bits per heavy atom. The molecule has 0 spiro atoms. The third kappa shape index (κ3) is 5.57. The van der Waals surface area contributed by atoms with E-state index in [1.165, 1.54) is 23.5 Å². The van der Waals surface area contributed by atoms with Crippen LogP contribution >= 0.6 is 23.7 Å². The lowest BCUT2D eigenvalue weighted by Crippen LogP contribution is -2.40. The highest BCUT2D eigenvalue weighted by Crippen LogP contribution is 2.14. The Hall–Kier alpha value is -1.50. The number of aromatic nitrogens is 1. The molecule has 3 N–H and O–H groups in total. The van der Waals surface area contributed by atoms with Crippen LogP contribution in [-0.2, 0) is 13.0 Å². The molecule has 1 atom stereocenters. The number of benzene rings is 1. The molecule has 0 saturated heterocycles. The van der Waals surface area contributed by atoms with Gasteiger partial charge in [0.2, 0.25) is 0 Å². The average molecular weight is 358 g/mol. The summed E-state index contributed by atoms with van der Waals surface area (Å²) >= 11 is 1.38. The number of nitrogens with one attached hydrogen (secondary N) is 1. The average Bonchev–Trinajstić information content (AvgIpc) is 2.97. The van der Waals surface area contributed by atoms with Crippen LogP contribution in [0, 0.1) is 11.7 Å². The molecular weight excluding hydrogens is 337 g/mol. The van der Waals surface area contributed by atoms with Crippen LogP contribution in [0.2, 0.25) is 0 Å². The van der Waals surface area contributed by atoms with Crippen LogP contribution in [0.4, 0.5) is 4.39 Å². The number of rotatable bonds is 6. The molecule has 0 radical (unpaired) electrons. The van der Waals surface area contributed by atoms with Crippen molar-refractivity contribution < 1.29 is 9.18 Å². The molecule has 0 aliphatic rings. The second kappa shape index (κ2) is 8.96. The third-order valence-corrected chi connectivity index (χ3v) is 4.32. The molecule has 0 aliphatic heterocycles. The van der Waals surface area contributed by atoms with Crippen LogP contribution in [0.5, 0.6) is 0 Å². The van der Waals surface area contributed by atoms with Crippen LogP contribution in [0.25, 0.3) is 0 Å². The lowest BCUT2D eigenvalue weighted by atomic mass is 9.96. The SMILES string of the molecule is CC(C)C(Cc1ccc(F)cc1)NC(=O)c1csc(CN)n1.Cl. The van der Waals surface area contributed by atoms with Gasteiger partial charge in [-0.3, -0.25) is 4.79 Å². The minimum Gasteiger partial charge on any atom is -0.347 e. The van der Waals surface area contributed by atoms with Gasteiger partial charge in [-0.15, -0.1) is 23.7 Å². The predicted octanol–water partition coefficient (Wildman–Crippen LogP) is 3.16. The minimum absolute atomic E-state index is 0. The molecule has 2 rings (SSSR count). The van der Waals surface area contributed by atoms with Gasteiger partial charge in [0.25, 0.3) is 5.91 Å². The van der Waals surface area contributed by atoms with E-state index in [2.05, 4.69) is 10.3 Å². The molecule has 126 valence electrons. The van der Waals surface area contributed by atoms with Gasteiger partial charge in [-0.25, -0.2) is 9.37 Å². The van der Waals surface area contributed by atoms with Crippen LogP contribution in [-0.4, -0.2) is 16.9 Å². The zero-order chi connectivity index (χ0) is 16.1. The first kappa shape index (κ1) is 19.5. The number of thiazole rings is 1. The van der Waals surface area contributed by atoms with Gasteiger partial charge >= 0.3 is 0 Å². The van der Waals surface area contributed by atoms with Crippen LogP contribution in [0.1, 0.15) is 34.9 Å². The zero-order valence-corrected chi connectivity index (χ0v) is 14.7. The maximum atomic E-state index is 13.0. The van der Waals surface area contributed by atoms with E-state index in [1.807, 2.05) is 13.8 Å². The zero-order valence-electron chi connectivity index (χ0n) is 13.1. The lowest BCUT2D eigenvalue weighted by molar-refractivity contribution is 0.0921. The molecule has 1 aromatic heterocycles. The topological polar surface area (TPSA) is 68.0 Å². The van der Waals surface area contributed by atoms with E-state index >= 15 is 0 Å². The largest absolute Gasteiger partial charge is 0.347 e. The molecule has 1 amide bonds. The number of hydrogen-bond donors (Lipinski definition) is 2. The number of nitrogens with zero attached hydrogens (tertiary/aromatic N) is 1. The van der Waals surface area contributed by atoms with E-state index < -0.39 is 0 Å². The first-order valence-electron chi connectivity index (χ1n) is 7.19. The van der Waals surface area contributed by atoms with Crippen molar-refractivity contribution in [2.45, 2.75) is 32.9 Å². The highest BCUT2D eigenvalue weighted by atomic mass is 35.5. The van der Waals surface area contributed by atoms with Gasteiger partial charge in [0.1, 0.15) is 16.5 Å². The van der Waals surface area contributed by atoms with Crippen LogP contribution in [0.3, 0.4) is 0 Å². The number of halogens is 2. The normalized spacial score (nSPS) is 11.9. The third-order valence-electron chi connectivity index (χ3n) is 3.45. The van der Waals surface area contributed by atoms with Crippen molar-refractivity contribution in [2.75, 3.05) is 0 Å². The molecule has 4 nitrogen and oxygen atoms in total. The van der Waals surface area contributed by atoms with Crippen molar-refractivity contribution in [2.24, 2.45) is 11.7 Å². The van der Waals surface area contributed by atoms with Crippen LogP contribution < -0.4 is 11.1 Å². The summed E-state index contributed by atoms with van der Waals surface area (Å²) in [5.41, 5.74) is 6.90. The second-order valence-electron chi connectivity index (χ2n) is 5.49. The number of amides is 1. The van der Waals surface area contributed by atoms with E-state index in [1.54, 1.807) is 17.5 Å². The van der Waals surface area contributed by atoms with Gasteiger partial charge in [-0.2, -0.15) is 0 Å². The Kier molecular flexibility index (Phi) is 7.61. The van der Waals surface area contributed by atoms with Crippen molar-refractivity contribution >= 4 is 29.7 Å². The van der Waals surface area contributed by atoms with E-state index in [0.29, 0.717) is 18.7 Å². The van der Waals surface area contributed by atoms with Crippen molar-refractivity contribution in [1.29, 1.82) is 0 Å². The fourth-order valence-corrected chi connectivity index (χ4v) is 2.73. The fourth-order valence-electron chi connectivity index (χ4n) is 2.08. The van der Waals surface area contributed by atoms with Crippen molar-refractivity contribution in [3.63, 3.8) is 0 Å². The molecule has 1 unspecified atom stereocenters. The van der Waals surface area contributed by atoms with Gasteiger partial charge in [0.15, 0.2) is 0 Å². The molecule has 1 aromatic carbocycles. The number of hydrogen-bond acceptors (Lipinski definition) is 4. The van der Waals surface area contributed by atoms with Gasteiger partial charge in [-0.05, 0) is 30.0 Å². The standard InChI is InChI=1S/C16H20FN3OS.ClH/c1-10(2)13(7-11-3-5-12(17)6-4-11)20-16(21)14-9-22-15(8-18)19-14;/h3-6,9-10,13H,7-8,18H2,1-2H3,(H,20,21);1H. The molecule has 2 aromatic rings. The summed E-state index contributed by atoms with van der Waals surface area (Å²) in [6, 6.07) is 6.31. The first-order chi connectivity index (χ1) is 10.5. The van der Waals surface area contributed by atoms with E-state index in [4.69, 9.17) is 5.73 Å². The maximum absolute atomic E-state index is 13.0. The number of carbonyl (C=O) groups is 1. The Morgan fingerprint density at radius 1 is 1.35 bits per heavy atom. The predicted molar refractivity (Wildman–Crippen MR) is 93.4 cm³/mol. The van der Waals surface area contributed by atoms with E-state index in [9.17, 15) is 9.18 Å². The summed E-state index contributed by atoms with van der Waals surface area (Å²) in [7, 11) is 0. The molecule has 0 fully saturated rings. The summed E-state index contributed by atoms with van der Waals surface area (Å²) in [4.78, 5) is 16.5. The van der Waals surface area contributed by atoms with Gasteiger partial charge in [0, 0.05) is 18.0 Å². The number of nitrogens with two attached hydrogens (primary N) is 1. The second-order valence-corrected chi connectivity index (χ2v) is 6.43. The van der Waals surface area contributed by atoms with E-state index in [0.717, 1.165) is 10.6 Å². The van der Waals surface area contributed by atoms with E-state index in [-0.39, 0.29) is 36.1 Å². The molecule has 0 bridgehead atoms. The highest BCUT2D eigenvalue weighted by molar-refractivity contribution is 7.09. The van der Waals surface area contributed by atoms with Crippen molar-refractivity contribution in [3.05, 3.63) is 51.7 Å². The van der Waals surface area contributed by atoms with Crippen LogP contribution in [0.15, 0.2) is 29.6 Å². The fraction of sp³-hybridized carbons (Fsp3) is 0.375. The first-order valence-corrected chi connectivity index (χ1v) is 8.07. The Morgan fingerprint density at radius 3 is 2.52 bits per heavy atom. The van der Waals surface area contributed by atoms with Crippen molar-refractivity contribution in [1.82, 2.24) is 10.3 Å². The Balaban J connectivity index is 0.00000264. The summed E-state index contributed by atoms with van der Waals surface area (Å²) in [5.74, 6) is -0.205. The molecule has 0 saturated carbocycles. The smallest absolute Gasteiger partial charge is 0.270 e. The molecule has 23 heavy (non-hydrogen) atoms. The Labute approximate surface area is 145 Å². The molecular formula is C16H21ClFN3OS. The monoisotopic (exact) mass is 357 g/mol. The molecule has 0 aliphatic carbocycles. The Bertz CT molecular complexity index is 631. The van der Waals surface area contributed by atoms with Gasteiger partial charge in [0.05, 0.1) is 0 Å². The number of carbonyl (C=O) groups excluding carboxylic acids is 1. The van der Waals surface area contributed by atoms with Gasteiger partial charge in [-0.1, -0.05) is 26.0 Å². The molecule has 7 heteroatoms. The maximum Gasteiger partial charge on any atom is 0.270 e. The highest BCUT2D eigenvalue weighted by Gasteiger charge is 2.19. The minimum atomic E-state index is -0.259. The van der Waals surface area contributed by atoms with Gasteiger partial charge < -0.3 is 11.1 Å². The lowest BCUT2D eigenvalue weighted by Gasteiger charge is -2.22. The summed E-state index contributed by atoms with van der Waals surface area (Å²) in [5, 5.41) is 5.46. The summed E-state index contributed by atoms with van der Waals surface area (Å²) in [6.45, 7) is 4.42.